The first kappa shape index (κ1) is 18.8. The smallest absolute Gasteiger partial charge is 0.293 e. The van der Waals surface area contributed by atoms with Crippen molar-refractivity contribution in [3.63, 3.8) is 0 Å². The first-order chi connectivity index (χ1) is 12.9. The number of aliphatic hydroxyl groups is 1. The van der Waals surface area contributed by atoms with Gasteiger partial charge in [0.25, 0.3) is 5.69 Å². The molecule has 0 bridgehead atoms. The molecule has 1 heterocycles. The molecule has 0 saturated carbocycles. The number of carbonyl (C=O) groups is 1. The molecule has 2 aromatic carbocycles. The van der Waals surface area contributed by atoms with E-state index >= 15 is 0 Å². The number of nitrogens with zero attached hydrogens (tertiary/aromatic N) is 1. The molecule has 1 unspecified atom stereocenters. The van der Waals surface area contributed by atoms with E-state index in [1.165, 1.54) is 23.5 Å². The summed E-state index contributed by atoms with van der Waals surface area (Å²) in [6.07, 6.45) is 0. The fourth-order valence-corrected chi connectivity index (χ4v) is 3.45. The van der Waals surface area contributed by atoms with Crippen molar-refractivity contribution in [3.05, 3.63) is 92.2 Å². The SMILES string of the molecule is CC(O)(CNc1ccc(C(=O)c2ccccc2)cc1[N+](=O)[O-])c1ccsc1. The fraction of sp³-hybridized carbons (Fsp3) is 0.150. The second kappa shape index (κ2) is 7.69. The number of thiophene rings is 1. The van der Waals surface area contributed by atoms with Crippen LogP contribution in [-0.4, -0.2) is 22.4 Å². The standard InChI is InChI=1S/C20H18N2O4S/c1-20(24,16-9-10-27-12-16)13-21-17-8-7-15(11-18(17)22(25)26)19(23)14-5-3-2-4-6-14/h2-12,21,24H,13H2,1H3. The van der Waals surface area contributed by atoms with Crippen molar-refractivity contribution in [2.24, 2.45) is 0 Å². The summed E-state index contributed by atoms with van der Waals surface area (Å²) in [5.74, 6) is -0.282. The number of benzene rings is 2. The van der Waals surface area contributed by atoms with E-state index in [1.807, 2.05) is 16.8 Å². The van der Waals surface area contributed by atoms with Crippen LogP contribution in [0.5, 0.6) is 0 Å². The van der Waals surface area contributed by atoms with Crippen molar-refractivity contribution in [3.8, 4) is 0 Å². The predicted octanol–water partition coefficient (Wildman–Crippen LogP) is 4.21. The monoisotopic (exact) mass is 382 g/mol. The van der Waals surface area contributed by atoms with E-state index in [9.17, 15) is 20.0 Å². The summed E-state index contributed by atoms with van der Waals surface area (Å²) in [4.78, 5) is 23.5. The highest BCUT2D eigenvalue weighted by Crippen LogP contribution is 2.29. The molecule has 0 spiro atoms. The normalized spacial score (nSPS) is 13.0. The molecule has 1 aromatic heterocycles. The predicted molar refractivity (Wildman–Crippen MR) is 105 cm³/mol. The minimum absolute atomic E-state index is 0.0938. The number of nitro benzene ring substituents is 1. The molecule has 0 radical (unpaired) electrons. The summed E-state index contributed by atoms with van der Waals surface area (Å²) in [6, 6.07) is 14.7. The highest BCUT2D eigenvalue weighted by Gasteiger charge is 2.25. The third-order valence-electron chi connectivity index (χ3n) is 4.26. The molecule has 7 heteroatoms. The minimum Gasteiger partial charge on any atom is -0.384 e. The van der Waals surface area contributed by atoms with Gasteiger partial charge in [-0.05, 0) is 41.4 Å². The molecule has 0 aliphatic heterocycles. The number of carbonyl (C=O) groups excluding carboxylic acids is 1. The van der Waals surface area contributed by atoms with Crippen LogP contribution in [0.3, 0.4) is 0 Å². The van der Waals surface area contributed by atoms with Gasteiger partial charge in [-0.15, -0.1) is 0 Å². The number of anilines is 1. The lowest BCUT2D eigenvalue weighted by Crippen LogP contribution is -2.30. The van der Waals surface area contributed by atoms with E-state index in [4.69, 9.17) is 0 Å². The first-order valence-corrected chi connectivity index (χ1v) is 9.20. The van der Waals surface area contributed by atoms with Crippen LogP contribution in [0.1, 0.15) is 28.4 Å². The zero-order chi connectivity index (χ0) is 19.4. The molecule has 0 aliphatic carbocycles. The maximum absolute atomic E-state index is 12.5. The van der Waals surface area contributed by atoms with E-state index < -0.39 is 10.5 Å². The van der Waals surface area contributed by atoms with Crippen molar-refractivity contribution in [2.75, 3.05) is 11.9 Å². The van der Waals surface area contributed by atoms with Gasteiger partial charge < -0.3 is 10.4 Å². The molecular formula is C20H18N2O4S. The van der Waals surface area contributed by atoms with Gasteiger partial charge in [-0.1, -0.05) is 30.3 Å². The van der Waals surface area contributed by atoms with E-state index in [-0.39, 0.29) is 29.3 Å². The van der Waals surface area contributed by atoms with Crippen LogP contribution in [0, 0.1) is 10.1 Å². The number of hydrogen-bond donors (Lipinski definition) is 2. The fourth-order valence-electron chi connectivity index (χ4n) is 2.67. The lowest BCUT2D eigenvalue weighted by atomic mass is 9.98. The topological polar surface area (TPSA) is 92.5 Å². The molecular weight excluding hydrogens is 364 g/mol. The van der Waals surface area contributed by atoms with E-state index in [0.717, 1.165) is 5.56 Å². The van der Waals surface area contributed by atoms with Gasteiger partial charge in [0.1, 0.15) is 11.3 Å². The van der Waals surface area contributed by atoms with Gasteiger partial charge >= 0.3 is 0 Å². The maximum Gasteiger partial charge on any atom is 0.293 e. The first-order valence-electron chi connectivity index (χ1n) is 8.25. The van der Waals surface area contributed by atoms with Crippen LogP contribution in [-0.2, 0) is 5.60 Å². The molecule has 6 nitrogen and oxygen atoms in total. The van der Waals surface area contributed by atoms with Crippen molar-refractivity contribution in [2.45, 2.75) is 12.5 Å². The van der Waals surface area contributed by atoms with E-state index in [2.05, 4.69) is 5.32 Å². The number of ketones is 1. The summed E-state index contributed by atoms with van der Waals surface area (Å²) >= 11 is 1.47. The molecule has 138 valence electrons. The Morgan fingerprint density at radius 1 is 1.19 bits per heavy atom. The van der Waals surface area contributed by atoms with Crippen LogP contribution in [0.25, 0.3) is 0 Å². The summed E-state index contributed by atoms with van der Waals surface area (Å²) in [7, 11) is 0. The molecule has 1 atom stereocenters. The molecule has 0 aliphatic rings. The van der Waals surface area contributed by atoms with E-state index in [0.29, 0.717) is 5.56 Å². The lowest BCUT2D eigenvalue weighted by Gasteiger charge is -2.23. The molecule has 3 aromatic rings. The summed E-state index contributed by atoms with van der Waals surface area (Å²) in [5.41, 5.74) is 0.305. The van der Waals surface area contributed by atoms with E-state index in [1.54, 1.807) is 43.3 Å². The van der Waals surface area contributed by atoms with Crippen LogP contribution < -0.4 is 5.32 Å². The molecule has 0 fully saturated rings. The minimum atomic E-state index is -1.17. The van der Waals surface area contributed by atoms with Crippen molar-refractivity contribution >= 4 is 28.5 Å². The van der Waals surface area contributed by atoms with Gasteiger partial charge in [0.2, 0.25) is 0 Å². The quantitative estimate of drug-likeness (QED) is 0.363. The van der Waals surface area contributed by atoms with Crippen LogP contribution in [0.2, 0.25) is 0 Å². The average molecular weight is 382 g/mol. The molecule has 2 N–H and O–H groups in total. The number of nitrogens with one attached hydrogen (secondary N) is 1. The third kappa shape index (κ3) is 4.21. The average Bonchev–Trinajstić information content (AvgIpc) is 3.22. The Kier molecular flexibility index (Phi) is 5.34. The Hall–Kier alpha value is -3.03. The second-order valence-corrected chi connectivity index (χ2v) is 7.10. The number of hydrogen-bond acceptors (Lipinski definition) is 6. The summed E-state index contributed by atoms with van der Waals surface area (Å²) in [5, 5.41) is 28.7. The Morgan fingerprint density at radius 3 is 2.56 bits per heavy atom. The highest BCUT2D eigenvalue weighted by atomic mass is 32.1. The van der Waals surface area contributed by atoms with Gasteiger partial charge in [0, 0.05) is 23.7 Å². The lowest BCUT2D eigenvalue weighted by molar-refractivity contribution is -0.384. The number of nitro groups is 1. The molecule has 0 amide bonds. The third-order valence-corrected chi connectivity index (χ3v) is 4.94. The van der Waals surface area contributed by atoms with Crippen molar-refractivity contribution in [1.82, 2.24) is 0 Å². The maximum atomic E-state index is 12.5. The molecule has 0 saturated heterocycles. The van der Waals surface area contributed by atoms with Crippen LogP contribution in [0.4, 0.5) is 11.4 Å². The van der Waals surface area contributed by atoms with Gasteiger partial charge in [-0.25, -0.2) is 0 Å². The van der Waals surface area contributed by atoms with Gasteiger partial charge in [-0.3, -0.25) is 14.9 Å². The number of rotatable bonds is 7. The molecule has 27 heavy (non-hydrogen) atoms. The zero-order valence-electron chi connectivity index (χ0n) is 14.6. The van der Waals surface area contributed by atoms with Crippen LogP contribution >= 0.6 is 11.3 Å². The highest BCUT2D eigenvalue weighted by molar-refractivity contribution is 7.08. The van der Waals surface area contributed by atoms with Crippen molar-refractivity contribution in [1.29, 1.82) is 0 Å². The summed E-state index contributed by atoms with van der Waals surface area (Å²) < 4.78 is 0. The van der Waals surface area contributed by atoms with Crippen LogP contribution in [0.15, 0.2) is 65.4 Å². The van der Waals surface area contributed by atoms with Gasteiger partial charge in [0.05, 0.1) is 4.92 Å². The van der Waals surface area contributed by atoms with Gasteiger partial charge in [0.15, 0.2) is 5.78 Å². The Labute approximate surface area is 160 Å². The molecule has 3 rings (SSSR count). The Bertz CT molecular complexity index is 953. The summed E-state index contributed by atoms with van der Waals surface area (Å²) in [6.45, 7) is 1.73. The van der Waals surface area contributed by atoms with Gasteiger partial charge in [-0.2, -0.15) is 11.3 Å². The van der Waals surface area contributed by atoms with Crippen molar-refractivity contribution < 1.29 is 14.8 Å². The zero-order valence-corrected chi connectivity index (χ0v) is 15.4. The largest absolute Gasteiger partial charge is 0.384 e. The second-order valence-electron chi connectivity index (χ2n) is 6.32. The Balaban J connectivity index is 1.84. The Morgan fingerprint density at radius 2 is 1.93 bits per heavy atom.